The van der Waals surface area contributed by atoms with Crippen LogP contribution in [-0.2, 0) is 4.74 Å². The Morgan fingerprint density at radius 3 is 2.78 bits per heavy atom. The molecule has 7 nitrogen and oxygen atoms in total. The Balaban J connectivity index is 0.000000705. The molecule has 1 aliphatic heterocycles. The summed E-state index contributed by atoms with van der Waals surface area (Å²) in [6.07, 6.45) is 5.18. The van der Waals surface area contributed by atoms with Crippen molar-refractivity contribution in [3.63, 3.8) is 0 Å². The van der Waals surface area contributed by atoms with E-state index in [4.69, 9.17) is 4.74 Å². The van der Waals surface area contributed by atoms with E-state index in [0.29, 0.717) is 11.4 Å². The molecular formula is C16H26N4O3. The molecule has 0 aliphatic carbocycles. The van der Waals surface area contributed by atoms with Crippen LogP contribution in [0.15, 0.2) is 36.1 Å². The predicted molar refractivity (Wildman–Crippen MR) is 92.0 cm³/mol. The Bertz CT molecular complexity index is 468. The van der Waals surface area contributed by atoms with Crippen molar-refractivity contribution in [1.29, 1.82) is 0 Å². The summed E-state index contributed by atoms with van der Waals surface area (Å²) in [5.41, 5.74) is 4.96. The first-order valence-corrected chi connectivity index (χ1v) is 7.27. The summed E-state index contributed by atoms with van der Waals surface area (Å²) in [7, 11) is 2.86. The van der Waals surface area contributed by atoms with E-state index in [1.165, 1.54) is 20.4 Å². The number of aromatic nitrogens is 1. The van der Waals surface area contributed by atoms with E-state index in [0.717, 1.165) is 25.9 Å². The van der Waals surface area contributed by atoms with Gasteiger partial charge in [0.1, 0.15) is 6.10 Å². The van der Waals surface area contributed by atoms with Crippen LogP contribution < -0.4 is 15.8 Å². The molecule has 7 heteroatoms. The molecule has 0 saturated carbocycles. The highest BCUT2D eigenvalue weighted by Crippen LogP contribution is 2.15. The standard InChI is InChI=1S/C12H16N2O3.C3H5N.CH5N/c1-16-12(15)9-4-6-14-11(7-9)17-10-3-2-5-13-8-10;1-3-4-2;1-2/h4,6-7,10,13H,2-3,5,8H2,1H3;3H,1-2H2;2H2,1H3/t10-;;/m1../s1. The number of pyridine rings is 1. The molecule has 1 atom stereocenters. The van der Waals surface area contributed by atoms with Gasteiger partial charge in [0.25, 0.3) is 0 Å². The van der Waals surface area contributed by atoms with Crippen LogP contribution in [-0.4, -0.2) is 51.0 Å². The maximum Gasteiger partial charge on any atom is 0.338 e. The van der Waals surface area contributed by atoms with Crippen molar-refractivity contribution in [3.8, 4) is 5.88 Å². The van der Waals surface area contributed by atoms with Gasteiger partial charge in [0.2, 0.25) is 5.88 Å². The van der Waals surface area contributed by atoms with Crippen LogP contribution in [0.1, 0.15) is 23.2 Å². The molecule has 1 aromatic rings. The van der Waals surface area contributed by atoms with E-state index < -0.39 is 0 Å². The third-order valence-corrected chi connectivity index (χ3v) is 2.82. The topological polar surface area (TPSA) is 98.8 Å². The lowest BCUT2D eigenvalue weighted by atomic mass is 10.1. The zero-order valence-corrected chi connectivity index (χ0v) is 13.8. The molecule has 0 spiro atoms. The van der Waals surface area contributed by atoms with Gasteiger partial charge in [-0.1, -0.05) is 6.58 Å². The number of aliphatic imine (C=N–C) groups is 1. The van der Waals surface area contributed by atoms with Crippen LogP contribution in [0.3, 0.4) is 0 Å². The van der Waals surface area contributed by atoms with Crippen LogP contribution >= 0.6 is 0 Å². The minimum absolute atomic E-state index is 0.129. The van der Waals surface area contributed by atoms with Crippen molar-refractivity contribution in [3.05, 3.63) is 36.7 Å². The zero-order valence-electron chi connectivity index (χ0n) is 13.8. The number of esters is 1. The van der Waals surface area contributed by atoms with Gasteiger partial charge in [0.05, 0.1) is 12.7 Å². The van der Waals surface area contributed by atoms with E-state index >= 15 is 0 Å². The van der Waals surface area contributed by atoms with Crippen molar-refractivity contribution in [2.24, 2.45) is 10.7 Å². The number of ether oxygens (including phenoxy) is 2. The maximum absolute atomic E-state index is 11.3. The number of hydrogen-bond acceptors (Lipinski definition) is 7. The minimum Gasteiger partial charge on any atom is -0.473 e. The molecule has 2 rings (SSSR count). The lowest BCUT2D eigenvalue weighted by Gasteiger charge is -2.23. The average Bonchev–Trinajstić information content (AvgIpc) is 2.64. The molecule has 0 radical (unpaired) electrons. The van der Waals surface area contributed by atoms with Crippen LogP contribution in [0, 0.1) is 0 Å². The molecule has 0 unspecified atom stereocenters. The highest BCUT2D eigenvalue weighted by Gasteiger charge is 2.15. The summed E-state index contributed by atoms with van der Waals surface area (Å²) in [6, 6.07) is 3.22. The van der Waals surface area contributed by atoms with Crippen molar-refractivity contribution in [2.45, 2.75) is 18.9 Å². The number of carbonyl (C=O) groups is 1. The minimum atomic E-state index is -0.376. The van der Waals surface area contributed by atoms with Crippen molar-refractivity contribution in [1.82, 2.24) is 10.3 Å². The zero-order chi connectivity index (χ0) is 17.5. The molecule has 128 valence electrons. The molecule has 0 aromatic carbocycles. The number of nitrogens with two attached hydrogens (primary N) is 1. The summed E-state index contributed by atoms with van der Waals surface area (Å²) in [5.74, 6) is 0.0978. The number of rotatable bonds is 4. The lowest BCUT2D eigenvalue weighted by Crippen LogP contribution is -2.37. The highest BCUT2D eigenvalue weighted by atomic mass is 16.5. The summed E-state index contributed by atoms with van der Waals surface area (Å²) >= 11 is 0. The van der Waals surface area contributed by atoms with Gasteiger partial charge in [0, 0.05) is 25.0 Å². The first-order chi connectivity index (χ1) is 11.2. The second-order valence-electron chi connectivity index (χ2n) is 4.33. The third kappa shape index (κ3) is 8.70. The van der Waals surface area contributed by atoms with Gasteiger partial charge in [-0.25, -0.2) is 9.78 Å². The first-order valence-electron chi connectivity index (χ1n) is 7.27. The number of methoxy groups -OCH3 is 1. The Morgan fingerprint density at radius 1 is 1.57 bits per heavy atom. The van der Waals surface area contributed by atoms with E-state index in [1.807, 2.05) is 0 Å². The lowest BCUT2D eigenvalue weighted by molar-refractivity contribution is 0.0599. The van der Waals surface area contributed by atoms with Gasteiger partial charge in [-0.15, -0.1) is 0 Å². The van der Waals surface area contributed by atoms with E-state index in [-0.39, 0.29) is 12.1 Å². The second kappa shape index (κ2) is 13.4. The Labute approximate surface area is 137 Å². The molecule has 1 aliphatic rings. The van der Waals surface area contributed by atoms with E-state index in [1.54, 1.807) is 18.3 Å². The smallest absolute Gasteiger partial charge is 0.338 e. The molecule has 1 fully saturated rings. The SMILES string of the molecule is C=CN=C.CN.COC(=O)c1ccnc(O[C@@H]2CCCNC2)c1. The average molecular weight is 322 g/mol. The molecule has 1 saturated heterocycles. The quantitative estimate of drug-likeness (QED) is 0.642. The normalized spacial score (nSPS) is 15.7. The molecule has 1 aromatic heterocycles. The maximum atomic E-state index is 11.3. The Hall–Kier alpha value is -2.25. The number of nitrogens with one attached hydrogen (secondary N) is 1. The van der Waals surface area contributed by atoms with Gasteiger partial charge < -0.3 is 20.5 Å². The number of hydrogen-bond donors (Lipinski definition) is 2. The molecular weight excluding hydrogens is 296 g/mol. The fourth-order valence-corrected chi connectivity index (χ4v) is 1.81. The molecule has 0 bridgehead atoms. The Kier molecular flexibility index (Phi) is 12.1. The molecule has 0 amide bonds. The van der Waals surface area contributed by atoms with Gasteiger partial charge >= 0.3 is 5.97 Å². The number of nitrogens with zero attached hydrogens (tertiary/aromatic N) is 2. The number of piperidine rings is 1. The Morgan fingerprint density at radius 2 is 2.26 bits per heavy atom. The third-order valence-electron chi connectivity index (χ3n) is 2.82. The molecule has 2 heterocycles. The second-order valence-corrected chi connectivity index (χ2v) is 4.33. The van der Waals surface area contributed by atoms with E-state index in [2.05, 4.69) is 39.1 Å². The van der Waals surface area contributed by atoms with E-state index in [9.17, 15) is 4.79 Å². The van der Waals surface area contributed by atoms with Crippen LogP contribution in [0.4, 0.5) is 0 Å². The first kappa shape index (κ1) is 20.8. The number of carbonyl (C=O) groups excluding carboxylic acids is 1. The monoisotopic (exact) mass is 322 g/mol. The predicted octanol–water partition coefficient (Wildman–Crippen LogP) is 1.40. The van der Waals surface area contributed by atoms with Crippen molar-refractivity contribution >= 4 is 12.7 Å². The van der Waals surface area contributed by atoms with Gasteiger partial charge in [-0.05, 0) is 39.2 Å². The van der Waals surface area contributed by atoms with Gasteiger partial charge in [-0.2, -0.15) is 0 Å². The van der Waals surface area contributed by atoms with Crippen LogP contribution in [0.25, 0.3) is 0 Å². The van der Waals surface area contributed by atoms with Crippen molar-refractivity contribution in [2.75, 3.05) is 27.2 Å². The fraction of sp³-hybridized carbons (Fsp3) is 0.438. The summed E-state index contributed by atoms with van der Waals surface area (Å²) in [5, 5.41) is 3.26. The van der Waals surface area contributed by atoms with Crippen molar-refractivity contribution < 1.29 is 14.3 Å². The highest BCUT2D eigenvalue weighted by molar-refractivity contribution is 5.89. The van der Waals surface area contributed by atoms with Gasteiger partial charge in [-0.3, -0.25) is 4.99 Å². The summed E-state index contributed by atoms with van der Waals surface area (Å²) < 4.78 is 10.4. The van der Waals surface area contributed by atoms with Gasteiger partial charge in [0.15, 0.2) is 0 Å². The summed E-state index contributed by atoms with van der Waals surface area (Å²) in [6.45, 7) is 8.22. The van der Waals surface area contributed by atoms with Crippen LogP contribution in [0.5, 0.6) is 5.88 Å². The molecule has 3 N–H and O–H groups in total. The fourth-order valence-electron chi connectivity index (χ4n) is 1.81. The largest absolute Gasteiger partial charge is 0.473 e. The molecule has 23 heavy (non-hydrogen) atoms. The van der Waals surface area contributed by atoms with Crippen LogP contribution in [0.2, 0.25) is 0 Å². The summed E-state index contributed by atoms with van der Waals surface area (Å²) in [4.78, 5) is 18.7.